The Morgan fingerprint density at radius 2 is 1.79 bits per heavy atom. The molecule has 3 rings (SSSR count). The normalized spacial score (nSPS) is 18.1. The van der Waals surface area contributed by atoms with Crippen molar-refractivity contribution in [1.29, 1.82) is 0 Å². The maximum absolute atomic E-state index is 12.4. The fourth-order valence-corrected chi connectivity index (χ4v) is 3.61. The zero-order valence-corrected chi connectivity index (χ0v) is 16.9. The molecule has 2 aliphatic rings. The van der Waals surface area contributed by atoms with Gasteiger partial charge in [-0.25, -0.2) is 0 Å². The maximum Gasteiger partial charge on any atom is 0.308 e. The van der Waals surface area contributed by atoms with Crippen molar-refractivity contribution in [3.63, 3.8) is 0 Å². The predicted molar refractivity (Wildman–Crippen MR) is 109 cm³/mol. The quantitative estimate of drug-likeness (QED) is 0.638. The van der Waals surface area contributed by atoms with E-state index in [9.17, 15) is 14.7 Å². The highest BCUT2D eigenvalue weighted by molar-refractivity contribution is 5.93. The topological polar surface area (TPSA) is 91.3 Å². The van der Waals surface area contributed by atoms with Gasteiger partial charge in [0.05, 0.1) is 5.92 Å². The number of nitrogens with zero attached hydrogens (tertiary/aromatic N) is 2. The summed E-state index contributed by atoms with van der Waals surface area (Å²) in [5, 5.41) is 12.4. The smallest absolute Gasteiger partial charge is 0.308 e. The highest BCUT2D eigenvalue weighted by Crippen LogP contribution is 2.32. The van der Waals surface area contributed by atoms with Crippen molar-refractivity contribution in [1.82, 2.24) is 9.80 Å². The second-order valence-electron chi connectivity index (χ2n) is 7.68. The number of ether oxygens (including phenoxy) is 2. The zero-order valence-electron chi connectivity index (χ0n) is 16.9. The van der Waals surface area contributed by atoms with Gasteiger partial charge in [0.25, 0.3) is 0 Å². The molecule has 1 aromatic carbocycles. The van der Waals surface area contributed by atoms with Crippen molar-refractivity contribution in [2.24, 2.45) is 5.92 Å². The van der Waals surface area contributed by atoms with Crippen LogP contribution in [0.2, 0.25) is 0 Å². The van der Waals surface area contributed by atoms with Crippen LogP contribution >= 0.6 is 0 Å². The number of anilines is 1. The molecule has 2 N–H and O–H groups in total. The van der Waals surface area contributed by atoms with Crippen molar-refractivity contribution in [3.05, 3.63) is 30.4 Å². The van der Waals surface area contributed by atoms with Crippen LogP contribution in [-0.4, -0.2) is 79.3 Å². The van der Waals surface area contributed by atoms with Crippen molar-refractivity contribution < 1.29 is 24.2 Å². The fraction of sp³-hybridized carbons (Fsp3) is 0.524. The van der Waals surface area contributed by atoms with Gasteiger partial charge in [-0.1, -0.05) is 12.2 Å². The van der Waals surface area contributed by atoms with E-state index in [1.807, 2.05) is 6.92 Å². The monoisotopic (exact) mass is 403 g/mol. The first-order valence-corrected chi connectivity index (χ1v) is 9.92. The van der Waals surface area contributed by atoms with Gasteiger partial charge in [-0.2, -0.15) is 0 Å². The fourth-order valence-electron chi connectivity index (χ4n) is 3.61. The number of carbonyl (C=O) groups is 2. The predicted octanol–water partition coefficient (Wildman–Crippen LogP) is 1.68. The number of fused-ring (bicyclic) bond motifs is 1. The highest BCUT2D eigenvalue weighted by atomic mass is 16.6. The largest absolute Gasteiger partial charge is 0.486 e. The van der Waals surface area contributed by atoms with E-state index in [4.69, 9.17) is 9.47 Å². The van der Waals surface area contributed by atoms with E-state index in [-0.39, 0.29) is 12.3 Å². The minimum atomic E-state index is -0.952. The molecular formula is C21H29N3O5. The average molecular weight is 403 g/mol. The number of rotatable bonds is 8. The second-order valence-corrected chi connectivity index (χ2v) is 7.68. The summed E-state index contributed by atoms with van der Waals surface area (Å²) in [7, 11) is 0. The lowest BCUT2D eigenvalue weighted by molar-refractivity contribution is -0.144. The molecule has 0 bridgehead atoms. The molecule has 2 heterocycles. The number of piperazine rings is 1. The van der Waals surface area contributed by atoms with Gasteiger partial charge in [0.1, 0.15) is 13.2 Å². The van der Waals surface area contributed by atoms with E-state index in [0.717, 1.165) is 38.3 Å². The Morgan fingerprint density at radius 3 is 2.45 bits per heavy atom. The molecular weight excluding hydrogens is 374 g/mol. The first-order chi connectivity index (χ1) is 13.9. The number of hydrogen-bond acceptors (Lipinski definition) is 6. The van der Waals surface area contributed by atoms with Gasteiger partial charge < -0.3 is 19.9 Å². The molecule has 0 aromatic heterocycles. The van der Waals surface area contributed by atoms with E-state index in [2.05, 4.69) is 21.7 Å². The van der Waals surface area contributed by atoms with E-state index in [1.54, 1.807) is 18.2 Å². The third kappa shape index (κ3) is 6.20. The van der Waals surface area contributed by atoms with E-state index >= 15 is 0 Å². The number of amides is 1. The van der Waals surface area contributed by atoms with Gasteiger partial charge in [0.15, 0.2) is 11.5 Å². The summed E-state index contributed by atoms with van der Waals surface area (Å²) < 4.78 is 11.0. The number of benzene rings is 1. The number of carboxylic acids is 1. The summed E-state index contributed by atoms with van der Waals surface area (Å²) in [6.07, 6.45) is -0.0737. The van der Waals surface area contributed by atoms with Gasteiger partial charge in [0.2, 0.25) is 5.91 Å². The average Bonchev–Trinajstić information content (AvgIpc) is 2.68. The lowest BCUT2D eigenvalue weighted by Crippen LogP contribution is -2.49. The van der Waals surface area contributed by atoms with Crippen LogP contribution < -0.4 is 14.8 Å². The maximum atomic E-state index is 12.4. The minimum absolute atomic E-state index is 0.0737. The molecule has 1 amide bonds. The Bertz CT molecular complexity index is 759. The van der Waals surface area contributed by atoms with Crippen molar-refractivity contribution in [3.8, 4) is 11.5 Å². The SMILES string of the molecule is C=C(C)CN1CCN(CC(CC(=O)Nc2ccc3c(c2)OCCO3)C(=O)O)CC1. The molecule has 0 aliphatic carbocycles. The number of aliphatic carboxylic acids is 1. The summed E-state index contributed by atoms with van der Waals surface area (Å²) in [4.78, 5) is 28.5. The van der Waals surface area contributed by atoms with Crippen LogP contribution in [0.25, 0.3) is 0 Å². The zero-order chi connectivity index (χ0) is 20.8. The van der Waals surface area contributed by atoms with Crippen LogP contribution in [-0.2, 0) is 9.59 Å². The molecule has 1 fully saturated rings. The van der Waals surface area contributed by atoms with Gasteiger partial charge >= 0.3 is 5.97 Å². The lowest BCUT2D eigenvalue weighted by Gasteiger charge is -2.35. The molecule has 0 radical (unpaired) electrons. The van der Waals surface area contributed by atoms with Crippen molar-refractivity contribution in [2.45, 2.75) is 13.3 Å². The van der Waals surface area contributed by atoms with Crippen LogP contribution in [0.3, 0.4) is 0 Å². The number of carbonyl (C=O) groups excluding carboxylic acids is 1. The molecule has 0 saturated carbocycles. The summed E-state index contributed by atoms with van der Waals surface area (Å²) in [5.41, 5.74) is 1.69. The standard InChI is InChI=1S/C21H29N3O5/c1-15(2)13-23-5-7-24(8-6-23)14-16(21(26)27)11-20(25)22-17-3-4-18-19(12-17)29-10-9-28-18/h3-4,12,16H,1,5-11,13-14H2,2H3,(H,22,25)(H,26,27). The second kappa shape index (κ2) is 9.76. The lowest BCUT2D eigenvalue weighted by atomic mass is 10.0. The summed E-state index contributed by atoms with van der Waals surface area (Å²) in [5.74, 6) is -0.804. The molecule has 1 atom stereocenters. The van der Waals surface area contributed by atoms with Gasteiger partial charge in [-0.15, -0.1) is 0 Å². The number of hydrogen-bond donors (Lipinski definition) is 2. The highest BCUT2D eigenvalue weighted by Gasteiger charge is 2.26. The third-order valence-electron chi connectivity index (χ3n) is 5.04. The Morgan fingerprint density at radius 1 is 1.14 bits per heavy atom. The minimum Gasteiger partial charge on any atom is -0.486 e. The molecule has 158 valence electrons. The number of nitrogens with one attached hydrogen (secondary N) is 1. The first kappa shape index (κ1) is 21.1. The first-order valence-electron chi connectivity index (χ1n) is 9.92. The Balaban J connectivity index is 1.50. The number of carboxylic acid groups (broad SMARTS) is 1. The Kier molecular flexibility index (Phi) is 7.11. The van der Waals surface area contributed by atoms with Gasteiger partial charge in [-0.3, -0.25) is 19.4 Å². The van der Waals surface area contributed by atoms with Gasteiger partial charge in [0, 0.05) is 57.4 Å². The van der Waals surface area contributed by atoms with Crippen LogP contribution in [0.5, 0.6) is 11.5 Å². The summed E-state index contributed by atoms with van der Waals surface area (Å²) in [6, 6.07) is 5.16. The molecule has 0 spiro atoms. The van der Waals surface area contributed by atoms with E-state index in [0.29, 0.717) is 36.9 Å². The van der Waals surface area contributed by atoms with Crippen molar-refractivity contribution >= 4 is 17.6 Å². The Labute approximate surface area is 171 Å². The molecule has 1 saturated heterocycles. The molecule has 8 nitrogen and oxygen atoms in total. The molecule has 8 heteroatoms. The van der Waals surface area contributed by atoms with Crippen LogP contribution in [0.4, 0.5) is 5.69 Å². The van der Waals surface area contributed by atoms with Gasteiger partial charge in [-0.05, 0) is 19.1 Å². The molecule has 29 heavy (non-hydrogen) atoms. The Hall–Kier alpha value is -2.58. The van der Waals surface area contributed by atoms with E-state index < -0.39 is 11.9 Å². The molecule has 2 aliphatic heterocycles. The molecule has 1 unspecified atom stereocenters. The third-order valence-corrected chi connectivity index (χ3v) is 5.04. The van der Waals surface area contributed by atoms with E-state index in [1.165, 1.54) is 0 Å². The van der Waals surface area contributed by atoms with Crippen LogP contribution in [0.15, 0.2) is 30.4 Å². The summed E-state index contributed by atoms with van der Waals surface area (Å²) >= 11 is 0. The molecule has 1 aromatic rings. The summed E-state index contributed by atoms with van der Waals surface area (Å²) in [6.45, 7) is 11.5. The van der Waals surface area contributed by atoms with Crippen LogP contribution in [0.1, 0.15) is 13.3 Å². The van der Waals surface area contributed by atoms with Crippen molar-refractivity contribution in [2.75, 3.05) is 57.8 Å². The van der Waals surface area contributed by atoms with Crippen LogP contribution in [0, 0.1) is 5.92 Å².